The lowest BCUT2D eigenvalue weighted by molar-refractivity contribution is -0.292. The lowest BCUT2D eigenvalue weighted by atomic mass is 9.82. The van der Waals surface area contributed by atoms with Crippen LogP contribution in [0.5, 0.6) is 0 Å². The van der Waals surface area contributed by atoms with Gasteiger partial charge in [-0.1, -0.05) is 12.1 Å². The predicted octanol–water partition coefficient (Wildman–Crippen LogP) is 1.70. The number of esters is 1. The molecule has 1 heterocycles. The minimum Gasteiger partial charge on any atom is -0.466 e. The van der Waals surface area contributed by atoms with E-state index < -0.39 is 34.9 Å². The van der Waals surface area contributed by atoms with Crippen molar-refractivity contribution >= 4 is 29.0 Å². The van der Waals surface area contributed by atoms with Gasteiger partial charge in [-0.15, -0.1) is 0 Å². The van der Waals surface area contributed by atoms with E-state index in [0.29, 0.717) is 5.56 Å². The van der Waals surface area contributed by atoms with Crippen molar-refractivity contribution in [2.24, 2.45) is 5.92 Å². The van der Waals surface area contributed by atoms with E-state index in [0.717, 1.165) is 5.69 Å². The maximum Gasteiger partial charge on any atom is 0.437 e. The number of thiocarbonyl (C=S) groups is 1. The second-order valence-electron chi connectivity index (χ2n) is 6.06. The van der Waals surface area contributed by atoms with Crippen LogP contribution >= 0.6 is 12.2 Å². The van der Waals surface area contributed by atoms with Gasteiger partial charge in [-0.25, -0.2) is 0 Å². The van der Waals surface area contributed by atoms with Gasteiger partial charge in [-0.05, 0) is 36.8 Å². The van der Waals surface area contributed by atoms with E-state index in [1.807, 2.05) is 19.0 Å². The number of carbonyl (C=O) groups excluding carboxylic acids is 1. The molecular formula is C16H20F3N3O3S. The highest BCUT2D eigenvalue weighted by molar-refractivity contribution is 7.80. The number of halogens is 3. The first-order chi connectivity index (χ1) is 12.0. The minimum atomic E-state index is -5.15. The van der Waals surface area contributed by atoms with Gasteiger partial charge in [0, 0.05) is 19.8 Å². The Labute approximate surface area is 154 Å². The van der Waals surface area contributed by atoms with Gasteiger partial charge in [0.15, 0.2) is 5.11 Å². The summed E-state index contributed by atoms with van der Waals surface area (Å²) < 4.78 is 45.6. The molecule has 0 spiro atoms. The highest BCUT2D eigenvalue weighted by atomic mass is 32.1. The molecule has 26 heavy (non-hydrogen) atoms. The number of carbonyl (C=O) groups is 1. The molecule has 0 bridgehead atoms. The number of ether oxygens (including phenoxy) is 1. The molecule has 0 amide bonds. The SMILES string of the molecule is CCOC(=O)[C@H]1[C@H](c2ccc(N(C)C)cc2)NC(=S)N[C@]1(O)C(F)(F)F. The zero-order chi connectivity index (χ0) is 19.7. The second-order valence-corrected chi connectivity index (χ2v) is 6.46. The number of aliphatic hydroxyl groups is 1. The van der Waals surface area contributed by atoms with Crippen LogP contribution in [0.4, 0.5) is 18.9 Å². The second kappa shape index (κ2) is 7.28. The molecule has 1 aliphatic rings. The Hall–Kier alpha value is -2.07. The lowest BCUT2D eigenvalue weighted by Crippen LogP contribution is -2.73. The average molecular weight is 391 g/mol. The van der Waals surface area contributed by atoms with Crippen molar-refractivity contribution in [3.05, 3.63) is 29.8 Å². The molecular weight excluding hydrogens is 371 g/mol. The summed E-state index contributed by atoms with van der Waals surface area (Å²) in [6.45, 7) is 1.35. The number of alkyl halides is 3. The Bertz CT molecular complexity index is 682. The van der Waals surface area contributed by atoms with Crippen LogP contribution in [-0.2, 0) is 9.53 Å². The van der Waals surface area contributed by atoms with Gasteiger partial charge < -0.3 is 25.4 Å². The number of anilines is 1. The lowest BCUT2D eigenvalue weighted by Gasteiger charge is -2.45. The van der Waals surface area contributed by atoms with Gasteiger partial charge in [-0.2, -0.15) is 13.2 Å². The smallest absolute Gasteiger partial charge is 0.437 e. The predicted molar refractivity (Wildman–Crippen MR) is 93.5 cm³/mol. The molecule has 1 aliphatic heterocycles. The zero-order valence-electron chi connectivity index (χ0n) is 14.4. The number of rotatable bonds is 4. The molecule has 0 saturated carbocycles. The first kappa shape index (κ1) is 20.2. The van der Waals surface area contributed by atoms with Gasteiger partial charge in [0.1, 0.15) is 5.92 Å². The largest absolute Gasteiger partial charge is 0.466 e. The van der Waals surface area contributed by atoms with Crippen molar-refractivity contribution in [2.75, 3.05) is 25.6 Å². The fraction of sp³-hybridized carbons (Fsp3) is 0.500. The van der Waals surface area contributed by atoms with E-state index >= 15 is 0 Å². The first-order valence-electron chi connectivity index (χ1n) is 7.83. The summed E-state index contributed by atoms with van der Waals surface area (Å²) in [5.74, 6) is -3.17. The molecule has 144 valence electrons. The van der Waals surface area contributed by atoms with Crippen molar-refractivity contribution in [1.29, 1.82) is 0 Å². The topological polar surface area (TPSA) is 73.8 Å². The fourth-order valence-electron chi connectivity index (χ4n) is 2.79. The van der Waals surface area contributed by atoms with Crippen molar-refractivity contribution < 1.29 is 27.8 Å². The third-order valence-electron chi connectivity index (χ3n) is 4.12. The maximum atomic E-state index is 13.6. The minimum absolute atomic E-state index is 0.125. The number of nitrogens with one attached hydrogen (secondary N) is 2. The molecule has 0 unspecified atom stereocenters. The summed E-state index contributed by atoms with van der Waals surface area (Å²) in [5, 5.41) is 14.4. The Balaban J connectivity index is 2.52. The molecule has 0 aliphatic carbocycles. The van der Waals surface area contributed by atoms with Crippen molar-refractivity contribution in [1.82, 2.24) is 10.6 Å². The van der Waals surface area contributed by atoms with Gasteiger partial charge in [0.2, 0.25) is 0 Å². The van der Waals surface area contributed by atoms with Crippen LogP contribution in [0.15, 0.2) is 24.3 Å². The molecule has 1 saturated heterocycles. The van der Waals surface area contributed by atoms with E-state index in [9.17, 15) is 23.1 Å². The van der Waals surface area contributed by atoms with Crippen LogP contribution in [-0.4, -0.2) is 48.8 Å². The molecule has 2 rings (SSSR count). The third kappa shape index (κ3) is 3.70. The quantitative estimate of drug-likeness (QED) is 0.533. The molecule has 1 aromatic rings. The van der Waals surface area contributed by atoms with Crippen LogP contribution in [0.1, 0.15) is 18.5 Å². The molecule has 6 nitrogen and oxygen atoms in total. The van der Waals surface area contributed by atoms with E-state index in [2.05, 4.69) is 5.32 Å². The molecule has 3 N–H and O–H groups in total. The van der Waals surface area contributed by atoms with Gasteiger partial charge in [0.25, 0.3) is 5.72 Å². The Morgan fingerprint density at radius 1 is 1.35 bits per heavy atom. The number of hydrogen-bond donors (Lipinski definition) is 3. The summed E-state index contributed by atoms with van der Waals surface area (Å²) in [7, 11) is 3.63. The van der Waals surface area contributed by atoms with Gasteiger partial charge >= 0.3 is 12.1 Å². The molecule has 0 radical (unpaired) electrons. The zero-order valence-corrected chi connectivity index (χ0v) is 15.2. The van der Waals surface area contributed by atoms with Crippen LogP contribution in [0.3, 0.4) is 0 Å². The fourth-order valence-corrected chi connectivity index (χ4v) is 3.08. The summed E-state index contributed by atoms with van der Waals surface area (Å²) in [5.41, 5.74) is -2.36. The summed E-state index contributed by atoms with van der Waals surface area (Å²) in [6.07, 6.45) is -5.15. The number of nitrogens with zero attached hydrogens (tertiary/aromatic N) is 1. The first-order valence-corrected chi connectivity index (χ1v) is 8.23. The number of benzene rings is 1. The molecule has 0 aromatic heterocycles. The number of hydrogen-bond acceptors (Lipinski definition) is 5. The van der Waals surface area contributed by atoms with E-state index in [1.165, 1.54) is 6.92 Å². The highest BCUT2D eigenvalue weighted by Crippen LogP contribution is 2.43. The van der Waals surface area contributed by atoms with E-state index in [-0.39, 0.29) is 6.61 Å². The van der Waals surface area contributed by atoms with E-state index in [1.54, 1.807) is 29.6 Å². The summed E-state index contributed by atoms with van der Waals surface area (Å²) >= 11 is 4.83. The molecule has 10 heteroatoms. The van der Waals surface area contributed by atoms with Gasteiger partial charge in [0.05, 0.1) is 12.6 Å². The maximum absolute atomic E-state index is 13.6. The Morgan fingerprint density at radius 3 is 2.38 bits per heavy atom. The normalized spacial score (nSPS) is 25.9. The third-order valence-corrected chi connectivity index (χ3v) is 4.34. The van der Waals surface area contributed by atoms with Crippen molar-refractivity contribution in [3.63, 3.8) is 0 Å². The van der Waals surface area contributed by atoms with Crippen molar-refractivity contribution in [3.8, 4) is 0 Å². The summed E-state index contributed by atoms with van der Waals surface area (Å²) in [6, 6.07) is 5.31. The van der Waals surface area contributed by atoms with Crippen LogP contribution in [0, 0.1) is 5.92 Å². The Kier molecular flexibility index (Phi) is 5.67. The van der Waals surface area contributed by atoms with Gasteiger partial charge in [-0.3, -0.25) is 4.79 Å². The van der Waals surface area contributed by atoms with E-state index in [4.69, 9.17) is 17.0 Å². The molecule has 1 aromatic carbocycles. The molecule has 3 atom stereocenters. The average Bonchev–Trinajstić information content (AvgIpc) is 2.53. The standard InChI is InChI=1S/C16H20F3N3O3S/c1-4-25-13(23)11-12(9-5-7-10(8-6-9)22(2)3)20-14(26)21-15(11,24)16(17,18)19/h5-8,11-12,24H,4H2,1-3H3,(H2,20,21,26)/t11-,12+,15-/m1/s1. The summed E-state index contributed by atoms with van der Waals surface area (Å²) in [4.78, 5) is 14.1. The van der Waals surface area contributed by atoms with Crippen LogP contribution < -0.4 is 15.5 Å². The highest BCUT2D eigenvalue weighted by Gasteiger charge is 2.66. The Morgan fingerprint density at radius 2 is 1.92 bits per heavy atom. The van der Waals surface area contributed by atoms with Crippen LogP contribution in [0.2, 0.25) is 0 Å². The molecule has 1 fully saturated rings. The monoisotopic (exact) mass is 391 g/mol. The van der Waals surface area contributed by atoms with Crippen molar-refractivity contribution in [2.45, 2.75) is 24.9 Å². The van der Waals surface area contributed by atoms with Crippen LogP contribution in [0.25, 0.3) is 0 Å².